The minimum atomic E-state index is 0.513. The molecule has 0 N–H and O–H groups in total. The Kier molecular flexibility index (Phi) is 4.66. The van der Waals surface area contributed by atoms with Gasteiger partial charge in [-0.25, -0.2) is 0 Å². The minimum absolute atomic E-state index is 0.513. The maximum absolute atomic E-state index is 6.21. The lowest BCUT2D eigenvalue weighted by Gasteiger charge is -2.16. The molecule has 0 aliphatic heterocycles. The molecule has 1 aromatic heterocycles. The molecule has 3 aromatic carbocycles. The van der Waals surface area contributed by atoms with E-state index in [1.165, 1.54) is 27.4 Å². The Morgan fingerprint density at radius 2 is 1.38 bits per heavy atom. The molecule has 1 unspecified atom stereocenters. The quantitative estimate of drug-likeness (QED) is 0.396. The molecule has 1 heterocycles. The van der Waals surface area contributed by atoms with Crippen LogP contribution in [0.3, 0.4) is 0 Å². The summed E-state index contributed by atoms with van der Waals surface area (Å²) in [5.41, 5.74) is 3.84. The van der Waals surface area contributed by atoms with Crippen LogP contribution in [0.5, 0.6) is 5.75 Å². The predicted octanol–water partition coefficient (Wildman–Crippen LogP) is 6.39. The van der Waals surface area contributed by atoms with Crippen molar-refractivity contribution < 1.29 is 4.74 Å². The number of rotatable bonds is 6. The van der Waals surface area contributed by atoms with Crippen molar-refractivity contribution in [3.05, 3.63) is 78.4 Å². The molecule has 0 radical (unpaired) electrons. The van der Waals surface area contributed by atoms with E-state index in [-0.39, 0.29) is 0 Å². The summed E-state index contributed by atoms with van der Waals surface area (Å²) < 4.78 is 8.58. The molecule has 0 fully saturated rings. The summed E-state index contributed by atoms with van der Waals surface area (Å²) in [5.74, 6) is 1.53. The fraction of sp³-hybridized carbons (Fsp3) is 0.250. The second-order valence-electron chi connectivity index (χ2n) is 6.88. The van der Waals surface area contributed by atoms with Gasteiger partial charge >= 0.3 is 0 Å². The van der Waals surface area contributed by atoms with Crippen LogP contribution in [0.4, 0.5) is 0 Å². The third-order valence-corrected chi connectivity index (χ3v) is 5.31. The van der Waals surface area contributed by atoms with Gasteiger partial charge in [-0.2, -0.15) is 0 Å². The van der Waals surface area contributed by atoms with Gasteiger partial charge in [0.1, 0.15) is 12.4 Å². The first kappa shape index (κ1) is 16.7. The van der Waals surface area contributed by atoms with E-state index in [1.54, 1.807) is 0 Å². The van der Waals surface area contributed by atoms with Crippen LogP contribution in [-0.2, 0) is 6.54 Å². The van der Waals surface area contributed by atoms with Gasteiger partial charge in [0, 0.05) is 21.8 Å². The van der Waals surface area contributed by atoms with Crippen molar-refractivity contribution in [1.29, 1.82) is 0 Å². The second kappa shape index (κ2) is 7.25. The third kappa shape index (κ3) is 2.96. The first-order chi connectivity index (χ1) is 12.8. The van der Waals surface area contributed by atoms with E-state index >= 15 is 0 Å². The van der Waals surface area contributed by atoms with Crippen LogP contribution in [0.1, 0.15) is 31.7 Å². The van der Waals surface area contributed by atoms with Crippen molar-refractivity contribution >= 4 is 21.8 Å². The van der Waals surface area contributed by atoms with Gasteiger partial charge in [-0.3, -0.25) is 0 Å². The van der Waals surface area contributed by atoms with E-state index in [0.29, 0.717) is 12.5 Å². The summed E-state index contributed by atoms with van der Waals surface area (Å²) in [6.07, 6.45) is 1.12. The lowest BCUT2D eigenvalue weighted by Crippen LogP contribution is -2.09. The second-order valence-corrected chi connectivity index (χ2v) is 6.88. The molecular weight excluding hydrogens is 318 g/mol. The van der Waals surface area contributed by atoms with Gasteiger partial charge < -0.3 is 9.30 Å². The zero-order valence-electron chi connectivity index (χ0n) is 15.5. The number of para-hydroxylation sites is 3. The number of hydrogen-bond donors (Lipinski definition) is 0. The van der Waals surface area contributed by atoms with E-state index in [4.69, 9.17) is 4.74 Å². The first-order valence-corrected chi connectivity index (χ1v) is 9.47. The van der Waals surface area contributed by atoms with Crippen LogP contribution in [0.25, 0.3) is 21.8 Å². The number of ether oxygens (including phenoxy) is 1. The molecule has 0 bridgehead atoms. The molecular formula is C24H25NO. The topological polar surface area (TPSA) is 14.2 Å². The largest absolute Gasteiger partial charge is 0.491 e. The zero-order chi connectivity index (χ0) is 17.9. The van der Waals surface area contributed by atoms with Crippen LogP contribution in [-0.4, -0.2) is 11.2 Å². The molecule has 0 aliphatic carbocycles. The highest BCUT2D eigenvalue weighted by atomic mass is 16.5. The van der Waals surface area contributed by atoms with E-state index in [1.807, 2.05) is 0 Å². The van der Waals surface area contributed by atoms with Gasteiger partial charge in [-0.15, -0.1) is 0 Å². The van der Waals surface area contributed by atoms with E-state index in [0.717, 1.165) is 18.7 Å². The normalized spacial score (nSPS) is 12.5. The first-order valence-electron chi connectivity index (χ1n) is 9.47. The highest BCUT2D eigenvalue weighted by molar-refractivity contribution is 6.07. The van der Waals surface area contributed by atoms with Crippen molar-refractivity contribution in [2.75, 3.05) is 6.61 Å². The zero-order valence-corrected chi connectivity index (χ0v) is 15.5. The summed E-state index contributed by atoms with van der Waals surface area (Å²) in [5, 5.41) is 2.62. The molecule has 132 valence electrons. The molecule has 26 heavy (non-hydrogen) atoms. The van der Waals surface area contributed by atoms with Crippen LogP contribution in [0.2, 0.25) is 0 Å². The average Bonchev–Trinajstić information content (AvgIpc) is 3.02. The van der Waals surface area contributed by atoms with Gasteiger partial charge in [0.25, 0.3) is 0 Å². The molecule has 0 saturated carbocycles. The van der Waals surface area contributed by atoms with Crippen LogP contribution < -0.4 is 4.74 Å². The highest BCUT2D eigenvalue weighted by Crippen LogP contribution is 2.30. The van der Waals surface area contributed by atoms with Crippen molar-refractivity contribution in [1.82, 2.24) is 4.57 Å². The maximum atomic E-state index is 6.21. The smallest absolute Gasteiger partial charge is 0.122 e. The lowest BCUT2D eigenvalue weighted by molar-refractivity contribution is 0.297. The van der Waals surface area contributed by atoms with Crippen LogP contribution >= 0.6 is 0 Å². The van der Waals surface area contributed by atoms with E-state index in [2.05, 4.69) is 91.2 Å². The summed E-state index contributed by atoms with van der Waals surface area (Å²) in [4.78, 5) is 0. The number of nitrogens with zero attached hydrogens (tertiary/aromatic N) is 1. The van der Waals surface area contributed by atoms with E-state index < -0.39 is 0 Å². The van der Waals surface area contributed by atoms with Crippen molar-refractivity contribution in [3.63, 3.8) is 0 Å². The summed E-state index contributed by atoms with van der Waals surface area (Å²) >= 11 is 0. The van der Waals surface area contributed by atoms with Gasteiger partial charge in [0.05, 0.1) is 6.54 Å². The fourth-order valence-corrected chi connectivity index (χ4v) is 3.73. The highest BCUT2D eigenvalue weighted by Gasteiger charge is 2.11. The molecule has 0 spiro atoms. The predicted molar refractivity (Wildman–Crippen MR) is 110 cm³/mol. The molecule has 4 aromatic rings. The monoisotopic (exact) mass is 343 g/mol. The number of hydrogen-bond acceptors (Lipinski definition) is 1. The van der Waals surface area contributed by atoms with Crippen molar-refractivity contribution in [3.8, 4) is 5.75 Å². The molecule has 2 nitrogen and oxygen atoms in total. The Morgan fingerprint density at radius 1 is 0.808 bits per heavy atom. The van der Waals surface area contributed by atoms with Crippen molar-refractivity contribution in [2.45, 2.75) is 32.7 Å². The molecule has 0 amide bonds. The van der Waals surface area contributed by atoms with E-state index in [9.17, 15) is 0 Å². The SMILES string of the molecule is CCC(C)c1ccccc1OCCn1c2ccccc2c2ccccc21. The van der Waals surface area contributed by atoms with Gasteiger partial charge in [0.2, 0.25) is 0 Å². The summed E-state index contributed by atoms with van der Waals surface area (Å²) in [6, 6.07) is 25.7. The Bertz CT molecular complexity index is 977. The number of aromatic nitrogens is 1. The molecule has 1 atom stereocenters. The van der Waals surface area contributed by atoms with Gasteiger partial charge in [0.15, 0.2) is 0 Å². The number of benzene rings is 3. The summed E-state index contributed by atoms with van der Waals surface area (Å²) in [7, 11) is 0. The number of fused-ring (bicyclic) bond motifs is 3. The van der Waals surface area contributed by atoms with Crippen LogP contribution in [0.15, 0.2) is 72.8 Å². The molecule has 2 heteroatoms. The Balaban J connectivity index is 1.61. The molecule has 0 saturated heterocycles. The maximum Gasteiger partial charge on any atom is 0.122 e. The minimum Gasteiger partial charge on any atom is -0.491 e. The fourth-order valence-electron chi connectivity index (χ4n) is 3.73. The lowest BCUT2D eigenvalue weighted by atomic mass is 9.98. The van der Waals surface area contributed by atoms with Crippen molar-refractivity contribution in [2.24, 2.45) is 0 Å². The van der Waals surface area contributed by atoms with Gasteiger partial charge in [-0.05, 0) is 36.1 Å². The summed E-state index contributed by atoms with van der Waals surface area (Å²) in [6.45, 7) is 5.98. The molecule has 4 rings (SSSR count). The van der Waals surface area contributed by atoms with Crippen LogP contribution in [0, 0.1) is 0 Å². The average molecular weight is 343 g/mol. The Hall–Kier alpha value is -2.74. The third-order valence-electron chi connectivity index (χ3n) is 5.31. The van der Waals surface area contributed by atoms with Gasteiger partial charge in [-0.1, -0.05) is 68.4 Å². The molecule has 0 aliphatic rings. The Morgan fingerprint density at radius 3 is 2.04 bits per heavy atom. The standard InChI is InChI=1S/C24H25NO/c1-3-18(2)19-10-6-9-15-24(19)26-17-16-25-22-13-7-4-11-20(22)21-12-5-8-14-23(21)25/h4-15,18H,3,16-17H2,1-2H3. The Labute approximate surface area is 155 Å².